The summed E-state index contributed by atoms with van der Waals surface area (Å²) in [6.45, 7) is 3.94. The Bertz CT molecular complexity index is 1000. The lowest BCUT2D eigenvalue weighted by molar-refractivity contribution is -0.124. The van der Waals surface area contributed by atoms with Crippen molar-refractivity contribution in [2.45, 2.75) is 26.7 Å². The maximum absolute atomic E-state index is 12.0. The van der Waals surface area contributed by atoms with E-state index in [0.29, 0.717) is 0 Å². The van der Waals surface area contributed by atoms with Crippen molar-refractivity contribution in [2.24, 2.45) is 5.10 Å². The van der Waals surface area contributed by atoms with Crippen LogP contribution in [-0.4, -0.2) is 23.0 Å². The van der Waals surface area contributed by atoms with Crippen LogP contribution >= 0.6 is 0 Å². The van der Waals surface area contributed by atoms with Gasteiger partial charge in [-0.1, -0.05) is 35.9 Å². The van der Waals surface area contributed by atoms with E-state index in [-0.39, 0.29) is 24.7 Å². The van der Waals surface area contributed by atoms with Gasteiger partial charge in [0.15, 0.2) is 0 Å². The van der Waals surface area contributed by atoms with Crippen molar-refractivity contribution in [1.82, 2.24) is 10.4 Å². The van der Waals surface area contributed by atoms with E-state index < -0.39 is 0 Å². The normalized spacial score (nSPS) is 11.0. The third-order valence-electron chi connectivity index (χ3n) is 4.25. The van der Waals surface area contributed by atoms with Crippen molar-refractivity contribution in [3.63, 3.8) is 0 Å². The van der Waals surface area contributed by atoms with Gasteiger partial charge in [0.05, 0.1) is 6.21 Å². The Morgan fingerprint density at radius 3 is 2.67 bits per heavy atom. The number of amides is 2. The van der Waals surface area contributed by atoms with Gasteiger partial charge in [0.2, 0.25) is 11.8 Å². The molecule has 0 aliphatic heterocycles. The Morgan fingerprint density at radius 2 is 1.85 bits per heavy atom. The quantitative estimate of drug-likeness (QED) is 0.462. The molecule has 0 bridgehead atoms. The number of carbonyl (C=O) groups is 2. The fraction of sp³-hybridized carbons (Fsp3) is 0.190. The Morgan fingerprint density at radius 1 is 1.07 bits per heavy atom. The molecule has 3 rings (SSSR count). The number of aryl methyl sites for hydroxylation is 2. The van der Waals surface area contributed by atoms with Gasteiger partial charge in [0.1, 0.15) is 0 Å². The number of carbonyl (C=O) groups excluding carboxylic acids is 2. The monoisotopic (exact) mass is 362 g/mol. The lowest BCUT2D eigenvalue weighted by atomic mass is 10.1. The molecule has 0 radical (unpaired) electrons. The van der Waals surface area contributed by atoms with Crippen molar-refractivity contribution >= 4 is 34.6 Å². The van der Waals surface area contributed by atoms with E-state index in [9.17, 15) is 9.59 Å². The van der Waals surface area contributed by atoms with Crippen molar-refractivity contribution < 1.29 is 9.59 Å². The van der Waals surface area contributed by atoms with E-state index in [1.54, 1.807) is 6.21 Å². The van der Waals surface area contributed by atoms with Crippen molar-refractivity contribution in [1.29, 1.82) is 0 Å². The number of aromatic amines is 1. The van der Waals surface area contributed by atoms with Crippen LogP contribution in [0.25, 0.3) is 10.9 Å². The molecule has 0 saturated heterocycles. The molecule has 6 heteroatoms. The minimum atomic E-state index is -0.304. The van der Waals surface area contributed by atoms with E-state index >= 15 is 0 Å². The lowest BCUT2D eigenvalue weighted by Crippen LogP contribution is -2.20. The minimum absolute atomic E-state index is 0.0714. The van der Waals surface area contributed by atoms with Gasteiger partial charge in [-0.05, 0) is 31.5 Å². The number of hydrazone groups is 1. The highest BCUT2D eigenvalue weighted by molar-refractivity contribution is 5.99. The standard InChI is InChI=1S/C21H22N4O2/c1-14-7-8-18(15(2)11-14)24-20(26)9-10-21(27)25-23-13-16-12-22-19-6-4-3-5-17(16)19/h3-8,11-13,22H,9-10H2,1-2H3,(H,24,26)(H,25,27). The number of nitrogens with zero attached hydrogens (tertiary/aromatic N) is 1. The van der Waals surface area contributed by atoms with E-state index in [1.807, 2.05) is 62.5 Å². The lowest BCUT2D eigenvalue weighted by Gasteiger charge is -2.08. The summed E-state index contributed by atoms with van der Waals surface area (Å²) in [5, 5.41) is 7.83. The topological polar surface area (TPSA) is 86.3 Å². The van der Waals surface area contributed by atoms with Crippen LogP contribution in [0.2, 0.25) is 0 Å². The Labute approximate surface area is 157 Å². The number of anilines is 1. The van der Waals surface area contributed by atoms with E-state index in [4.69, 9.17) is 0 Å². The van der Waals surface area contributed by atoms with Crippen LogP contribution in [0.4, 0.5) is 5.69 Å². The van der Waals surface area contributed by atoms with Crippen molar-refractivity contribution in [3.05, 3.63) is 65.4 Å². The van der Waals surface area contributed by atoms with Crippen LogP contribution in [0.3, 0.4) is 0 Å². The molecular weight excluding hydrogens is 340 g/mol. The smallest absolute Gasteiger partial charge is 0.240 e. The molecule has 0 unspecified atom stereocenters. The fourth-order valence-electron chi connectivity index (χ4n) is 2.82. The highest BCUT2D eigenvalue weighted by Crippen LogP contribution is 2.17. The van der Waals surface area contributed by atoms with E-state index in [1.165, 1.54) is 0 Å². The van der Waals surface area contributed by atoms with Crippen LogP contribution in [0.5, 0.6) is 0 Å². The number of para-hydroxylation sites is 1. The maximum atomic E-state index is 12.0. The molecule has 0 aliphatic carbocycles. The van der Waals surface area contributed by atoms with E-state index in [2.05, 4.69) is 20.8 Å². The fourth-order valence-corrected chi connectivity index (χ4v) is 2.82. The molecule has 1 heterocycles. The molecule has 1 aromatic heterocycles. The number of aromatic nitrogens is 1. The first-order valence-corrected chi connectivity index (χ1v) is 8.78. The van der Waals surface area contributed by atoms with Crippen LogP contribution in [-0.2, 0) is 9.59 Å². The van der Waals surface area contributed by atoms with Gasteiger partial charge in [-0.3, -0.25) is 9.59 Å². The molecule has 3 N–H and O–H groups in total. The van der Waals surface area contributed by atoms with Gasteiger partial charge < -0.3 is 10.3 Å². The second kappa shape index (κ2) is 8.31. The number of rotatable bonds is 6. The molecule has 138 valence electrons. The third kappa shape index (κ3) is 4.82. The molecule has 2 amide bonds. The molecule has 2 aromatic carbocycles. The van der Waals surface area contributed by atoms with Crippen LogP contribution in [0, 0.1) is 13.8 Å². The van der Waals surface area contributed by atoms with Crippen LogP contribution in [0.15, 0.2) is 53.8 Å². The van der Waals surface area contributed by atoms with Gasteiger partial charge in [0.25, 0.3) is 0 Å². The van der Waals surface area contributed by atoms with Gasteiger partial charge in [-0.25, -0.2) is 5.43 Å². The predicted octanol–water partition coefficient (Wildman–Crippen LogP) is 3.65. The highest BCUT2D eigenvalue weighted by Gasteiger charge is 2.08. The summed E-state index contributed by atoms with van der Waals surface area (Å²) in [6, 6.07) is 13.7. The minimum Gasteiger partial charge on any atom is -0.361 e. The average Bonchev–Trinajstić information content (AvgIpc) is 3.06. The van der Waals surface area contributed by atoms with Gasteiger partial charge in [-0.15, -0.1) is 0 Å². The van der Waals surface area contributed by atoms with Gasteiger partial charge in [0, 0.05) is 41.2 Å². The number of hydrogen-bond acceptors (Lipinski definition) is 3. The summed E-state index contributed by atoms with van der Waals surface area (Å²) in [4.78, 5) is 27.1. The van der Waals surface area contributed by atoms with Crippen molar-refractivity contribution in [3.8, 4) is 0 Å². The first kappa shape index (κ1) is 18.4. The number of H-pyrrole nitrogens is 1. The Balaban J connectivity index is 1.47. The molecule has 0 saturated carbocycles. The summed E-state index contributed by atoms with van der Waals surface area (Å²) in [5.74, 6) is -0.500. The highest BCUT2D eigenvalue weighted by atomic mass is 16.2. The predicted molar refractivity (Wildman–Crippen MR) is 108 cm³/mol. The molecule has 0 aliphatic rings. The van der Waals surface area contributed by atoms with Crippen molar-refractivity contribution in [2.75, 3.05) is 5.32 Å². The largest absolute Gasteiger partial charge is 0.361 e. The molecule has 6 nitrogen and oxygen atoms in total. The summed E-state index contributed by atoms with van der Waals surface area (Å²) < 4.78 is 0. The number of hydrogen-bond donors (Lipinski definition) is 3. The zero-order valence-electron chi connectivity index (χ0n) is 15.4. The zero-order chi connectivity index (χ0) is 19.2. The SMILES string of the molecule is Cc1ccc(NC(=O)CCC(=O)NN=Cc2c[nH]c3ccccc23)c(C)c1. The number of benzene rings is 2. The third-order valence-corrected chi connectivity index (χ3v) is 4.25. The first-order chi connectivity index (χ1) is 13.0. The second-order valence-electron chi connectivity index (χ2n) is 6.45. The summed E-state index contributed by atoms with van der Waals surface area (Å²) in [6.07, 6.45) is 3.59. The number of fused-ring (bicyclic) bond motifs is 1. The van der Waals surface area contributed by atoms with Gasteiger partial charge in [-0.2, -0.15) is 5.10 Å². The Hall–Kier alpha value is -3.41. The molecule has 0 fully saturated rings. The molecule has 27 heavy (non-hydrogen) atoms. The maximum Gasteiger partial charge on any atom is 0.240 e. The Kier molecular flexibility index (Phi) is 5.66. The van der Waals surface area contributed by atoms with E-state index in [0.717, 1.165) is 33.3 Å². The molecule has 0 spiro atoms. The molecule has 3 aromatic rings. The summed E-state index contributed by atoms with van der Waals surface area (Å²) in [7, 11) is 0. The summed E-state index contributed by atoms with van der Waals surface area (Å²) >= 11 is 0. The first-order valence-electron chi connectivity index (χ1n) is 8.78. The number of nitrogens with one attached hydrogen (secondary N) is 3. The second-order valence-corrected chi connectivity index (χ2v) is 6.45. The van der Waals surface area contributed by atoms with Crippen LogP contribution in [0.1, 0.15) is 29.5 Å². The molecule has 0 atom stereocenters. The zero-order valence-corrected chi connectivity index (χ0v) is 15.4. The average molecular weight is 362 g/mol. The van der Waals surface area contributed by atoms with Crippen LogP contribution < -0.4 is 10.7 Å². The molecular formula is C21H22N4O2. The summed E-state index contributed by atoms with van der Waals surface area (Å²) in [5.41, 5.74) is 7.26. The van der Waals surface area contributed by atoms with Gasteiger partial charge >= 0.3 is 0 Å².